The first-order chi connectivity index (χ1) is 8.88. The molecule has 0 saturated heterocycles. The van der Waals surface area contributed by atoms with E-state index in [1.165, 1.54) is 0 Å². The monoisotopic (exact) mass is 278 g/mol. The molecule has 0 heterocycles. The molecule has 8 heteroatoms. The molecule has 0 aromatic heterocycles. The second-order valence-electron chi connectivity index (χ2n) is 4.27. The van der Waals surface area contributed by atoms with Crippen LogP contribution in [0, 0.1) is 0 Å². The number of amides is 2. The van der Waals surface area contributed by atoms with Gasteiger partial charge in [-0.1, -0.05) is 0 Å². The van der Waals surface area contributed by atoms with Gasteiger partial charge < -0.3 is 31.5 Å². The van der Waals surface area contributed by atoms with Crippen LogP contribution in [-0.2, 0) is 9.59 Å². The van der Waals surface area contributed by atoms with E-state index in [0.717, 1.165) is 0 Å². The number of rotatable bonds is 10. The lowest BCUT2D eigenvalue weighted by molar-refractivity contribution is -0.121. The Balaban J connectivity index is 3.72. The van der Waals surface area contributed by atoms with Gasteiger partial charge in [-0.25, -0.2) is 0 Å². The number of aliphatic hydroxyl groups excluding tert-OH is 4. The number of hydrogen-bond donors (Lipinski definition) is 6. The van der Waals surface area contributed by atoms with Crippen LogP contribution in [-0.4, -0.2) is 63.7 Å². The van der Waals surface area contributed by atoms with Gasteiger partial charge in [0.05, 0.1) is 12.7 Å². The molecule has 0 aromatic rings. The number of nitrogens with two attached hydrogens (primary N) is 1. The molecule has 2 amide bonds. The van der Waals surface area contributed by atoms with E-state index in [9.17, 15) is 19.8 Å². The molecule has 8 nitrogen and oxygen atoms in total. The van der Waals surface area contributed by atoms with Gasteiger partial charge in [0, 0.05) is 19.4 Å². The zero-order valence-electron chi connectivity index (χ0n) is 10.7. The van der Waals surface area contributed by atoms with Crippen LogP contribution >= 0.6 is 0 Å². The highest BCUT2D eigenvalue weighted by Gasteiger charge is 2.23. The molecule has 0 aliphatic heterocycles. The third-order valence-corrected chi connectivity index (χ3v) is 2.56. The Labute approximate surface area is 111 Å². The minimum atomic E-state index is -1.46. The normalized spacial score (nSPS) is 15.6. The summed E-state index contributed by atoms with van der Waals surface area (Å²) in [5.41, 5.74) is 4.92. The molecular weight excluding hydrogens is 256 g/mol. The first-order valence-electron chi connectivity index (χ1n) is 6.08. The van der Waals surface area contributed by atoms with E-state index < -0.39 is 30.8 Å². The smallest absolute Gasteiger partial charge is 0.220 e. The molecule has 0 fully saturated rings. The molecule has 0 spiro atoms. The summed E-state index contributed by atoms with van der Waals surface area (Å²) < 4.78 is 0. The van der Waals surface area contributed by atoms with Gasteiger partial charge in [0.2, 0.25) is 11.8 Å². The van der Waals surface area contributed by atoms with Crippen molar-refractivity contribution in [3.05, 3.63) is 0 Å². The zero-order chi connectivity index (χ0) is 14.8. The van der Waals surface area contributed by atoms with Crippen molar-refractivity contribution in [3.63, 3.8) is 0 Å². The van der Waals surface area contributed by atoms with Gasteiger partial charge in [0.1, 0.15) is 12.2 Å². The average Bonchev–Trinajstić information content (AvgIpc) is 2.36. The summed E-state index contributed by atoms with van der Waals surface area (Å²) in [4.78, 5) is 21.7. The molecule has 1 unspecified atom stereocenters. The Morgan fingerprint density at radius 2 is 1.74 bits per heavy atom. The van der Waals surface area contributed by atoms with E-state index in [0.29, 0.717) is 6.42 Å². The third-order valence-electron chi connectivity index (χ3n) is 2.56. The van der Waals surface area contributed by atoms with Gasteiger partial charge in [-0.3, -0.25) is 9.59 Å². The topological polar surface area (TPSA) is 153 Å². The molecule has 3 atom stereocenters. The van der Waals surface area contributed by atoms with Crippen LogP contribution < -0.4 is 11.1 Å². The van der Waals surface area contributed by atoms with Crippen molar-refractivity contribution >= 4 is 11.8 Å². The van der Waals surface area contributed by atoms with Crippen molar-refractivity contribution in [2.75, 3.05) is 13.2 Å². The summed E-state index contributed by atoms with van der Waals surface area (Å²) in [5.74, 6) is -0.755. The number of carbonyl (C=O) groups is 2. The van der Waals surface area contributed by atoms with Crippen LogP contribution in [0.5, 0.6) is 0 Å². The fourth-order valence-electron chi connectivity index (χ4n) is 1.41. The van der Waals surface area contributed by atoms with E-state index in [1.807, 2.05) is 0 Å². The Morgan fingerprint density at radius 3 is 2.26 bits per heavy atom. The quantitative estimate of drug-likeness (QED) is 0.254. The minimum Gasteiger partial charge on any atom is -0.394 e. The van der Waals surface area contributed by atoms with Gasteiger partial charge in [0.25, 0.3) is 0 Å². The molecule has 0 bridgehead atoms. The SMILES string of the molecule is NC(=O)CCCC(=O)NCC[C@@H](O)[C@H](O)C(O)CO. The summed E-state index contributed by atoms with van der Waals surface area (Å²) in [7, 11) is 0. The predicted molar refractivity (Wildman–Crippen MR) is 65.8 cm³/mol. The maximum absolute atomic E-state index is 11.3. The van der Waals surface area contributed by atoms with Crippen molar-refractivity contribution in [2.45, 2.75) is 44.0 Å². The van der Waals surface area contributed by atoms with Gasteiger partial charge >= 0.3 is 0 Å². The first-order valence-corrected chi connectivity index (χ1v) is 6.08. The fraction of sp³-hybridized carbons (Fsp3) is 0.818. The fourth-order valence-corrected chi connectivity index (χ4v) is 1.41. The summed E-state index contributed by atoms with van der Waals surface area (Å²) in [6.45, 7) is -0.538. The Bertz CT molecular complexity index is 286. The lowest BCUT2D eigenvalue weighted by Crippen LogP contribution is -2.41. The molecular formula is C11H22N2O6. The van der Waals surface area contributed by atoms with Crippen molar-refractivity contribution in [1.82, 2.24) is 5.32 Å². The van der Waals surface area contributed by atoms with E-state index in [4.69, 9.17) is 15.9 Å². The van der Waals surface area contributed by atoms with Gasteiger partial charge in [-0.15, -0.1) is 0 Å². The third kappa shape index (κ3) is 8.49. The second-order valence-corrected chi connectivity index (χ2v) is 4.27. The Hall–Kier alpha value is -1.22. The lowest BCUT2D eigenvalue weighted by atomic mass is 10.1. The summed E-state index contributed by atoms with van der Waals surface area (Å²) in [6.07, 6.45) is -3.43. The van der Waals surface area contributed by atoms with E-state index in [2.05, 4.69) is 5.32 Å². The standard InChI is InChI=1S/C11H22N2O6/c12-9(17)2-1-3-10(18)13-5-4-7(15)11(19)8(16)6-14/h7-8,11,14-16,19H,1-6H2,(H2,12,17)(H,13,18)/t7-,8?,11+/m1/s1. The van der Waals surface area contributed by atoms with Gasteiger partial charge in [-0.2, -0.15) is 0 Å². The summed E-state index contributed by atoms with van der Waals surface area (Å²) in [5, 5.41) is 38.9. The highest BCUT2D eigenvalue weighted by atomic mass is 16.4. The van der Waals surface area contributed by atoms with Crippen LogP contribution in [0.4, 0.5) is 0 Å². The van der Waals surface area contributed by atoms with Crippen LogP contribution in [0.3, 0.4) is 0 Å². The highest BCUT2D eigenvalue weighted by molar-refractivity contribution is 5.77. The van der Waals surface area contributed by atoms with Gasteiger partial charge in [-0.05, 0) is 12.8 Å². The molecule has 112 valence electrons. The van der Waals surface area contributed by atoms with Crippen LogP contribution in [0.2, 0.25) is 0 Å². The molecule has 7 N–H and O–H groups in total. The zero-order valence-corrected chi connectivity index (χ0v) is 10.7. The summed E-state index contributed by atoms with van der Waals surface area (Å²) in [6, 6.07) is 0. The van der Waals surface area contributed by atoms with Crippen LogP contribution in [0.15, 0.2) is 0 Å². The van der Waals surface area contributed by atoms with Crippen molar-refractivity contribution < 1.29 is 30.0 Å². The van der Waals surface area contributed by atoms with E-state index >= 15 is 0 Å². The molecule has 0 aliphatic carbocycles. The van der Waals surface area contributed by atoms with Crippen molar-refractivity contribution in [1.29, 1.82) is 0 Å². The largest absolute Gasteiger partial charge is 0.394 e. The van der Waals surface area contributed by atoms with E-state index in [1.54, 1.807) is 0 Å². The molecule has 0 rings (SSSR count). The molecule has 0 saturated carbocycles. The van der Waals surface area contributed by atoms with Crippen LogP contribution in [0.25, 0.3) is 0 Å². The molecule has 0 radical (unpaired) electrons. The van der Waals surface area contributed by atoms with Crippen molar-refractivity contribution in [3.8, 4) is 0 Å². The predicted octanol–water partition coefficient (Wildman–Crippen LogP) is -2.78. The maximum atomic E-state index is 11.3. The summed E-state index contributed by atoms with van der Waals surface area (Å²) >= 11 is 0. The minimum absolute atomic E-state index is 0.0415. The second kappa shape index (κ2) is 9.68. The lowest BCUT2D eigenvalue weighted by Gasteiger charge is -2.21. The Morgan fingerprint density at radius 1 is 1.11 bits per heavy atom. The number of nitrogens with one attached hydrogen (secondary N) is 1. The average molecular weight is 278 g/mol. The van der Waals surface area contributed by atoms with Crippen molar-refractivity contribution in [2.24, 2.45) is 5.73 Å². The van der Waals surface area contributed by atoms with E-state index in [-0.39, 0.29) is 31.7 Å². The number of carbonyl (C=O) groups excluding carboxylic acids is 2. The van der Waals surface area contributed by atoms with Gasteiger partial charge in [0.15, 0.2) is 0 Å². The molecule has 19 heavy (non-hydrogen) atoms. The highest BCUT2D eigenvalue weighted by Crippen LogP contribution is 2.03. The number of primary amides is 1. The number of hydrogen-bond acceptors (Lipinski definition) is 6. The number of aliphatic hydroxyl groups is 4. The maximum Gasteiger partial charge on any atom is 0.220 e. The molecule has 0 aliphatic rings. The molecule has 0 aromatic carbocycles. The van der Waals surface area contributed by atoms with Crippen LogP contribution in [0.1, 0.15) is 25.7 Å². The Kier molecular flexibility index (Phi) is 9.06. The first kappa shape index (κ1) is 17.8.